The summed E-state index contributed by atoms with van der Waals surface area (Å²) in [5.74, 6) is 1.85. The molecule has 1 aliphatic heterocycles. The summed E-state index contributed by atoms with van der Waals surface area (Å²) < 4.78 is 6.72. The van der Waals surface area contributed by atoms with Gasteiger partial charge in [0.2, 0.25) is 0 Å². The molecule has 2 aliphatic rings. The van der Waals surface area contributed by atoms with Crippen LogP contribution in [0.2, 0.25) is 5.02 Å². The van der Waals surface area contributed by atoms with E-state index in [1.165, 1.54) is 44.3 Å². The molecule has 0 fully saturated rings. The molecule has 0 N–H and O–H groups in total. The minimum Gasteiger partial charge on any atom is -0.456 e. The molecule has 1 spiro atoms. The zero-order chi connectivity index (χ0) is 24.6. The van der Waals surface area contributed by atoms with Gasteiger partial charge in [0.25, 0.3) is 0 Å². The Kier molecular flexibility index (Phi) is 4.27. The van der Waals surface area contributed by atoms with Crippen LogP contribution in [0, 0.1) is 0 Å². The van der Waals surface area contributed by atoms with Gasteiger partial charge in [-0.3, -0.25) is 0 Å². The standard InChI is InChI=1S/C35H21ClO/c36-25-17-13-22(14-18-25)24-15-19-28-27-9-3-4-10-29(27)35(32(28)21-24)30-11-5-6-12-33(30)37-34-26-8-2-1-7-23(26)16-20-31(34)35/h1-21H. The molecule has 6 aromatic carbocycles. The summed E-state index contributed by atoms with van der Waals surface area (Å²) >= 11 is 6.22. The van der Waals surface area contributed by atoms with Crippen molar-refractivity contribution >= 4 is 22.4 Å². The van der Waals surface area contributed by atoms with E-state index in [2.05, 4.69) is 115 Å². The van der Waals surface area contributed by atoms with Gasteiger partial charge in [-0.05, 0) is 63.0 Å². The van der Waals surface area contributed by atoms with Crippen LogP contribution in [0.3, 0.4) is 0 Å². The fraction of sp³-hybridized carbons (Fsp3) is 0.0286. The van der Waals surface area contributed by atoms with Crippen molar-refractivity contribution in [1.82, 2.24) is 0 Å². The Labute approximate surface area is 220 Å². The van der Waals surface area contributed by atoms with Crippen molar-refractivity contribution in [2.45, 2.75) is 5.41 Å². The van der Waals surface area contributed by atoms with Crippen molar-refractivity contribution in [3.05, 3.63) is 155 Å². The van der Waals surface area contributed by atoms with Crippen LogP contribution in [0.25, 0.3) is 33.0 Å². The summed E-state index contributed by atoms with van der Waals surface area (Å²) in [7, 11) is 0. The second-order valence-corrected chi connectivity index (χ2v) is 10.3. The number of hydrogen-bond donors (Lipinski definition) is 0. The molecule has 0 saturated heterocycles. The van der Waals surface area contributed by atoms with E-state index in [0.29, 0.717) is 0 Å². The summed E-state index contributed by atoms with van der Waals surface area (Å²) in [5, 5.41) is 3.05. The number of fused-ring (bicyclic) bond motifs is 11. The van der Waals surface area contributed by atoms with Crippen molar-refractivity contribution in [3.63, 3.8) is 0 Å². The van der Waals surface area contributed by atoms with Gasteiger partial charge in [-0.15, -0.1) is 0 Å². The molecule has 0 amide bonds. The summed E-state index contributed by atoms with van der Waals surface area (Å²) in [4.78, 5) is 0. The predicted octanol–water partition coefficient (Wildman–Crippen LogP) is 9.63. The molecular weight excluding hydrogens is 472 g/mol. The third-order valence-corrected chi connectivity index (χ3v) is 8.26. The highest BCUT2D eigenvalue weighted by Gasteiger charge is 2.51. The van der Waals surface area contributed by atoms with Gasteiger partial charge in [0, 0.05) is 21.5 Å². The van der Waals surface area contributed by atoms with Gasteiger partial charge in [0.05, 0.1) is 5.41 Å². The summed E-state index contributed by atoms with van der Waals surface area (Å²) in [5.41, 5.74) is 9.33. The average molecular weight is 493 g/mol. The molecule has 6 aromatic rings. The Bertz CT molecular complexity index is 1870. The monoisotopic (exact) mass is 492 g/mol. The lowest BCUT2D eigenvalue weighted by Crippen LogP contribution is -2.32. The number of para-hydroxylation sites is 1. The van der Waals surface area contributed by atoms with Crippen molar-refractivity contribution in [3.8, 4) is 33.8 Å². The van der Waals surface area contributed by atoms with Crippen molar-refractivity contribution in [2.24, 2.45) is 0 Å². The molecule has 2 heteroatoms. The van der Waals surface area contributed by atoms with Crippen LogP contribution in [0.1, 0.15) is 22.3 Å². The van der Waals surface area contributed by atoms with Crippen LogP contribution < -0.4 is 4.74 Å². The van der Waals surface area contributed by atoms with Crippen LogP contribution in [-0.2, 0) is 5.41 Å². The highest BCUT2D eigenvalue weighted by Crippen LogP contribution is 2.63. The first-order valence-electron chi connectivity index (χ1n) is 12.5. The maximum absolute atomic E-state index is 6.72. The van der Waals surface area contributed by atoms with Gasteiger partial charge >= 0.3 is 0 Å². The Balaban J connectivity index is 1.53. The van der Waals surface area contributed by atoms with Crippen LogP contribution in [0.4, 0.5) is 0 Å². The molecule has 1 nitrogen and oxygen atoms in total. The SMILES string of the molecule is Clc1ccc(-c2ccc3c(c2)C2(c4ccccc4Oc4c2ccc2ccccc42)c2ccccc2-3)cc1. The van der Waals surface area contributed by atoms with E-state index < -0.39 is 5.41 Å². The van der Waals surface area contributed by atoms with E-state index in [1.54, 1.807) is 0 Å². The molecule has 1 atom stereocenters. The van der Waals surface area contributed by atoms with Crippen LogP contribution >= 0.6 is 11.6 Å². The molecule has 0 bridgehead atoms. The maximum atomic E-state index is 6.72. The van der Waals surface area contributed by atoms with Crippen molar-refractivity contribution in [1.29, 1.82) is 0 Å². The van der Waals surface area contributed by atoms with E-state index in [9.17, 15) is 0 Å². The van der Waals surface area contributed by atoms with E-state index >= 15 is 0 Å². The average Bonchev–Trinajstić information content (AvgIpc) is 3.24. The summed E-state index contributed by atoms with van der Waals surface area (Å²) in [6, 6.07) is 45.4. The zero-order valence-corrected chi connectivity index (χ0v) is 20.7. The fourth-order valence-electron chi connectivity index (χ4n) is 6.45. The Hall–Kier alpha value is -4.33. The van der Waals surface area contributed by atoms with Crippen molar-refractivity contribution < 1.29 is 4.74 Å². The minimum absolute atomic E-state index is 0.484. The third-order valence-electron chi connectivity index (χ3n) is 8.01. The van der Waals surface area contributed by atoms with Gasteiger partial charge in [-0.1, -0.05) is 115 Å². The molecule has 0 aromatic heterocycles. The van der Waals surface area contributed by atoms with Gasteiger partial charge < -0.3 is 4.74 Å². The van der Waals surface area contributed by atoms with Crippen LogP contribution in [-0.4, -0.2) is 0 Å². The lowest BCUT2D eigenvalue weighted by Gasteiger charge is -2.40. The molecule has 37 heavy (non-hydrogen) atoms. The van der Waals surface area contributed by atoms with Gasteiger partial charge in [-0.2, -0.15) is 0 Å². The van der Waals surface area contributed by atoms with Gasteiger partial charge in [-0.25, -0.2) is 0 Å². The van der Waals surface area contributed by atoms with Crippen LogP contribution in [0.15, 0.2) is 127 Å². The quantitative estimate of drug-likeness (QED) is 0.221. The molecule has 8 rings (SSSR count). The lowest BCUT2D eigenvalue weighted by molar-refractivity contribution is 0.442. The third kappa shape index (κ3) is 2.75. The van der Waals surface area contributed by atoms with E-state index in [-0.39, 0.29) is 0 Å². The highest BCUT2D eigenvalue weighted by atomic mass is 35.5. The molecular formula is C35H21ClO. The number of rotatable bonds is 1. The fourth-order valence-corrected chi connectivity index (χ4v) is 6.58. The molecule has 1 heterocycles. The molecule has 174 valence electrons. The number of benzene rings is 6. The molecule has 0 radical (unpaired) electrons. The highest BCUT2D eigenvalue weighted by molar-refractivity contribution is 6.30. The first kappa shape index (κ1) is 20.8. The zero-order valence-electron chi connectivity index (χ0n) is 19.9. The van der Waals surface area contributed by atoms with E-state index in [4.69, 9.17) is 16.3 Å². The first-order chi connectivity index (χ1) is 18.2. The number of hydrogen-bond acceptors (Lipinski definition) is 1. The summed E-state index contributed by atoms with van der Waals surface area (Å²) in [6.45, 7) is 0. The normalized spacial score (nSPS) is 16.6. The van der Waals surface area contributed by atoms with Gasteiger partial charge in [0.1, 0.15) is 11.5 Å². The van der Waals surface area contributed by atoms with E-state index in [0.717, 1.165) is 27.5 Å². The van der Waals surface area contributed by atoms with Crippen molar-refractivity contribution in [2.75, 3.05) is 0 Å². The number of halogens is 1. The second-order valence-electron chi connectivity index (χ2n) is 9.82. The van der Waals surface area contributed by atoms with Crippen LogP contribution in [0.5, 0.6) is 11.5 Å². The summed E-state index contributed by atoms with van der Waals surface area (Å²) in [6.07, 6.45) is 0. The molecule has 1 aliphatic carbocycles. The largest absolute Gasteiger partial charge is 0.456 e. The second kappa shape index (κ2) is 7.59. The topological polar surface area (TPSA) is 9.23 Å². The predicted molar refractivity (Wildman–Crippen MR) is 152 cm³/mol. The lowest BCUT2D eigenvalue weighted by atomic mass is 9.65. The maximum Gasteiger partial charge on any atom is 0.140 e. The number of ether oxygens (including phenoxy) is 1. The smallest absolute Gasteiger partial charge is 0.140 e. The minimum atomic E-state index is -0.484. The van der Waals surface area contributed by atoms with Gasteiger partial charge in [0.15, 0.2) is 0 Å². The Morgan fingerprint density at radius 3 is 2.11 bits per heavy atom. The molecule has 0 saturated carbocycles. The Morgan fingerprint density at radius 2 is 1.22 bits per heavy atom. The first-order valence-corrected chi connectivity index (χ1v) is 12.9. The molecule has 1 unspecified atom stereocenters. The van der Waals surface area contributed by atoms with E-state index in [1.807, 2.05) is 12.1 Å². The Morgan fingerprint density at radius 1 is 0.514 bits per heavy atom.